The van der Waals surface area contributed by atoms with E-state index < -0.39 is 6.04 Å². The van der Waals surface area contributed by atoms with E-state index in [1.165, 1.54) is 23.5 Å². The summed E-state index contributed by atoms with van der Waals surface area (Å²) in [6.07, 6.45) is 6.34. The van der Waals surface area contributed by atoms with Crippen LogP contribution in [-0.4, -0.2) is 38.5 Å². The second-order valence-electron chi connectivity index (χ2n) is 6.94. The van der Waals surface area contributed by atoms with Crippen LogP contribution in [0.3, 0.4) is 0 Å². The average Bonchev–Trinajstić information content (AvgIpc) is 2.74. The van der Waals surface area contributed by atoms with E-state index in [0.717, 1.165) is 25.9 Å². The molecular weight excluding hydrogens is 356 g/mol. The van der Waals surface area contributed by atoms with Gasteiger partial charge in [0.05, 0.1) is 0 Å². The van der Waals surface area contributed by atoms with Crippen molar-refractivity contribution in [3.63, 3.8) is 0 Å². The minimum Gasteiger partial charge on any atom is -0.341 e. The Kier molecular flexibility index (Phi) is 5.01. The highest BCUT2D eigenvalue weighted by Gasteiger charge is 2.20. The first-order valence-corrected chi connectivity index (χ1v) is 9.48. The minimum atomic E-state index is -0.716. The third-order valence-corrected chi connectivity index (χ3v) is 5.00. The number of nitrogens with zero attached hydrogens (tertiary/aromatic N) is 5. The Morgan fingerprint density at radius 1 is 1.11 bits per heavy atom. The quantitative estimate of drug-likeness (QED) is 0.749. The SMILES string of the molecule is C[C@H](C(=O)Nc1ccccc1)n1cnc2nc(N3CCCCC3)ncc2c1=O. The number of piperidine rings is 1. The standard InChI is InChI=1S/C20H22N6O2/c1-14(18(27)23-15-8-4-2-5-9-15)26-13-22-17-16(19(26)28)12-21-20(24-17)25-10-6-3-7-11-25/h2,4-5,8-9,12-14H,3,6-7,10-11H2,1H3,(H,23,27)/t14-/m1/s1. The second kappa shape index (κ2) is 7.75. The maximum Gasteiger partial charge on any atom is 0.265 e. The molecule has 3 aromatic rings. The topological polar surface area (TPSA) is 93.0 Å². The highest BCUT2D eigenvalue weighted by molar-refractivity contribution is 5.93. The molecule has 8 nitrogen and oxygen atoms in total. The van der Waals surface area contributed by atoms with Crippen molar-refractivity contribution in [2.45, 2.75) is 32.2 Å². The highest BCUT2D eigenvalue weighted by Crippen LogP contribution is 2.17. The van der Waals surface area contributed by atoms with E-state index in [4.69, 9.17) is 0 Å². The van der Waals surface area contributed by atoms with Crippen LogP contribution in [0.15, 0.2) is 47.7 Å². The maximum atomic E-state index is 12.9. The number of rotatable bonds is 4. The number of nitrogens with one attached hydrogen (secondary N) is 1. The van der Waals surface area contributed by atoms with E-state index in [1.54, 1.807) is 19.1 Å². The molecule has 1 aliphatic rings. The molecule has 1 N–H and O–H groups in total. The molecule has 0 saturated carbocycles. The zero-order valence-corrected chi connectivity index (χ0v) is 15.7. The van der Waals surface area contributed by atoms with Gasteiger partial charge in [-0.15, -0.1) is 0 Å². The van der Waals surface area contributed by atoms with E-state index in [2.05, 4.69) is 25.2 Å². The highest BCUT2D eigenvalue weighted by atomic mass is 16.2. The van der Waals surface area contributed by atoms with Gasteiger partial charge in [0.2, 0.25) is 11.9 Å². The van der Waals surface area contributed by atoms with Crippen LogP contribution in [0.1, 0.15) is 32.2 Å². The Hall–Kier alpha value is -3.29. The lowest BCUT2D eigenvalue weighted by Crippen LogP contribution is -2.33. The summed E-state index contributed by atoms with van der Waals surface area (Å²) in [7, 11) is 0. The van der Waals surface area contributed by atoms with Gasteiger partial charge in [-0.1, -0.05) is 18.2 Å². The summed E-state index contributed by atoms with van der Waals surface area (Å²) >= 11 is 0. The molecule has 28 heavy (non-hydrogen) atoms. The molecule has 2 aromatic heterocycles. The van der Waals surface area contributed by atoms with Gasteiger partial charge in [0.1, 0.15) is 17.8 Å². The third kappa shape index (κ3) is 3.58. The van der Waals surface area contributed by atoms with Gasteiger partial charge in [0.15, 0.2) is 5.65 Å². The lowest BCUT2D eigenvalue weighted by molar-refractivity contribution is -0.118. The lowest BCUT2D eigenvalue weighted by Gasteiger charge is -2.26. The Bertz CT molecular complexity index is 1040. The van der Waals surface area contributed by atoms with Crippen molar-refractivity contribution < 1.29 is 4.79 Å². The van der Waals surface area contributed by atoms with Gasteiger partial charge in [-0.25, -0.2) is 9.97 Å². The van der Waals surface area contributed by atoms with Gasteiger partial charge >= 0.3 is 0 Å². The van der Waals surface area contributed by atoms with Gasteiger partial charge in [-0.2, -0.15) is 4.98 Å². The van der Waals surface area contributed by atoms with Crippen LogP contribution < -0.4 is 15.8 Å². The monoisotopic (exact) mass is 378 g/mol. The first kappa shape index (κ1) is 18.1. The second-order valence-corrected chi connectivity index (χ2v) is 6.94. The van der Waals surface area contributed by atoms with Crippen LogP contribution in [0.2, 0.25) is 0 Å². The Balaban J connectivity index is 1.60. The van der Waals surface area contributed by atoms with Crippen LogP contribution >= 0.6 is 0 Å². The van der Waals surface area contributed by atoms with Crippen LogP contribution in [0.5, 0.6) is 0 Å². The Labute approximate surface area is 162 Å². The number of benzene rings is 1. The fraction of sp³-hybridized carbons (Fsp3) is 0.350. The number of hydrogen-bond donors (Lipinski definition) is 1. The Morgan fingerprint density at radius 3 is 2.61 bits per heavy atom. The summed E-state index contributed by atoms with van der Waals surface area (Å²) < 4.78 is 1.31. The van der Waals surface area contributed by atoms with Gasteiger partial charge in [-0.05, 0) is 38.3 Å². The zero-order valence-electron chi connectivity index (χ0n) is 15.7. The summed E-state index contributed by atoms with van der Waals surface area (Å²) in [6.45, 7) is 3.49. The molecule has 1 atom stereocenters. The molecule has 1 amide bonds. The molecule has 3 heterocycles. The van der Waals surface area contributed by atoms with E-state index >= 15 is 0 Å². The molecule has 1 saturated heterocycles. The fourth-order valence-electron chi connectivity index (χ4n) is 3.34. The number of hydrogen-bond acceptors (Lipinski definition) is 6. The molecule has 0 radical (unpaired) electrons. The zero-order chi connectivity index (χ0) is 19.5. The van der Waals surface area contributed by atoms with Crippen molar-refractivity contribution >= 4 is 28.6 Å². The summed E-state index contributed by atoms with van der Waals surface area (Å²) in [6, 6.07) is 8.41. The number of amides is 1. The van der Waals surface area contributed by atoms with Crippen LogP contribution in [0.4, 0.5) is 11.6 Å². The summed E-state index contributed by atoms with van der Waals surface area (Å²) in [5, 5.41) is 3.11. The van der Waals surface area contributed by atoms with Crippen molar-refractivity contribution in [3.05, 3.63) is 53.2 Å². The number of para-hydroxylation sites is 1. The predicted molar refractivity (Wildman–Crippen MR) is 107 cm³/mol. The van der Waals surface area contributed by atoms with E-state index in [0.29, 0.717) is 22.7 Å². The summed E-state index contributed by atoms with van der Waals surface area (Å²) in [4.78, 5) is 40.6. The molecule has 0 unspecified atom stereocenters. The molecule has 1 fully saturated rings. The Morgan fingerprint density at radius 2 is 1.86 bits per heavy atom. The molecule has 1 aliphatic heterocycles. The van der Waals surface area contributed by atoms with E-state index in [-0.39, 0.29) is 11.5 Å². The van der Waals surface area contributed by atoms with Crippen LogP contribution in [0.25, 0.3) is 11.0 Å². The van der Waals surface area contributed by atoms with Crippen molar-refractivity contribution in [1.29, 1.82) is 0 Å². The van der Waals surface area contributed by atoms with Crippen molar-refractivity contribution in [3.8, 4) is 0 Å². The number of carbonyl (C=O) groups is 1. The number of anilines is 2. The van der Waals surface area contributed by atoms with Crippen molar-refractivity contribution in [2.75, 3.05) is 23.3 Å². The fourth-order valence-corrected chi connectivity index (χ4v) is 3.34. The first-order chi connectivity index (χ1) is 13.6. The normalized spacial score (nSPS) is 15.4. The smallest absolute Gasteiger partial charge is 0.265 e. The summed E-state index contributed by atoms with van der Waals surface area (Å²) in [5.41, 5.74) is 0.703. The molecular formula is C20H22N6O2. The van der Waals surface area contributed by atoms with Crippen LogP contribution in [-0.2, 0) is 4.79 Å². The van der Waals surface area contributed by atoms with Gasteiger partial charge in [0.25, 0.3) is 5.56 Å². The van der Waals surface area contributed by atoms with Crippen LogP contribution in [0, 0.1) is 0 Å². The van der Waals surface area contributed by atoms with E-state index in [9.17, 15) is 9.59 Å². The van der Waals surface area contributed by atoms with Gasteiger partial charge < -0.3 is 10.2 Å². The minimum absolute atomic E-state index is 0.291. The molecule has 0 aliphatic carbocycles. The lowest BCUT2D eigenvalue weighted by atomic mass is 10.1. The molecule has 0 spiro atoms. The molecule has 0 bridgehead atoms. The average molecular weight is 378 g/mol. The molecule has 8 heteroatoms. The number of carbonyl (C=O) groups excluding carboxylic acids is 1. The van der Waals surface area contributed by atoms with Crippen molar-refractivity contribution in [1.82, 2.24) is 19.5 Å². The third-order valence-electron chi connectivity index (χ3n) is 5.00. The summed E-state index contributed by atoms with van der Waals surface area (Å²) in [5.74, 6) is 0.312. The molecule has 4 rings (SSSR count). The molecule has 1 aromatic carbocycles. The van der Waals surface area contributed by atoms with Gasteiger partial charge in [0, 0.05) is 25.0 Å². The predicted octanol–water partition coefficient (Wildman–Crippen LogP) is 2.38. The van der Waals surface area contributed by atoms with Gasteiger partial charge in [-0.3, -0.25) is 14.2 Å². The van der Waals surface area contributed by atoms with E-state index in [1.807, 2.05) is 18.2 Å². The number of fused-ring (bicyclic) bond motifs is 1. The largest absolute Gasteiger partial charge is 0.341 e. The number of aromatic nitrogens is 4. The maximum absolute atomic E-state index is 12.9. The molecule has 144 valence electrons. The van der Waals surface area contributed by atoms with Crippen molar-refractivity contribution in [2.24, 2.45) is 0 Å². The first-order valence-electron chi connectivity index (χ1n) is 9.48.